The van der Waals surface area contributed by atoms with Crippen molar-refractivity contribution in [1.82, 2.24) is 46.4 Å². The Morgan fingerprint density at radius 1 is 0.885 bits per heavy atom. The standard InChI is InChI=1S/C52H54F3N9O14/c1-3-51(75)32-18-37-46-30(23-64(37)48(72)31(32)24-78-50(51)74)45-34(10-9-29-27(2)33(53)19-35(61-46)44(29)45)62-49(73)52(54,55)25-77-26-59-40(67)21-58-47(71)36(17-28-7-5-4-6-8-28)60-41(68)22-57-39(66)20-56-38(65)13-15-76-16-14-63-42(69)11-12-43(63)70/h4-8,11-12,18-19,34,36,75H,3,9-10,13-17,20-26H2,1-2H3,(H,56,65)(H,57,66)(H,58,71)(H,59,67)(H,60,68)(H,62,73)/t34-,36-,51-/m0/s1. The quantitative estimate of drug-likeness (QED) is 0.0192. The summed E-state index contributed by atoms with van der Waals surface area (Å²) in [7, 11) is 0. The zero-order chi connectivity index (χ0) is 56.1. The summed E-state index contributed by atoms with van der Waals surface area (Å²) in [6, 6.07) is 8.75. The number of amides is 8. The highest BCUT2D eigenvalue weighted by atomic mass is 19.3. The molecule has 5 heterocycles. The lowest BCUT2D eigenvalue weighted by Crippen LogP contribution is -2.52. The molecule has 1 aliphatic carbocycles. The molecular weight excluding hydrogens is 1030 g/mol. The van der Waals surface area contributed by atoms with Gasteiger partial charge < -0.3 is 55.8 Å². The Morgan fingerprint density at radius 2 is 1.58 bits per heavy atom. The molecule has 0 bridgehead atoms. The van der Waals surface area contributed by atoms with Crippen molar-refractivity contribution in [2.45, 2.75) is 82.7 Å². The number of hydrogen-bond donors (Lipinski definition) is 7. The second kappa shape index (κ2) is 23.5. The highest BCUT2D eigenvalue weighted by Crippen LogP contribution is 2.46. The highest BCUT2D eigenvalue weighted by molar-refractivity contribution is 6.12. The fourth-order valence-electron chi connectivity index (χ4n) is 9.58. The molecule has 23 nitrogen and oxygen atoms in total. The van der Waals surface area contributed by atoms with E-state index in [-0.39, 0.29) is 86.4 Å². The fourth-order valence-corrected chi connectivity index (χ4v) is 9.58. The molecule has 2 aromatic carbocycles. The molecule has 4 aliphatic rings. The van der Waals surface area contributed by atoms with Gasteiger partial charge in [0.15, 0.2) is 5.60 Å². The number of hydrogen-bond acceptors (Lipinski definition) is 15. The summed E-state index contributed by atoms with van der Waals surface area (Å²) < 4.78 is 63.3. The number of nitrogens with one attached hydrogen (secondary N) is 6. The number of ether oxygens (including phenoxy) is 3. The Bertz CT molecular complexity index is 3210. The SMILES string of the molecule is CC[C@@]1(O)C(=O)OCc2c1cc1n(c2=O)Cc2c-1nc1cc(F)c(C)c3c1c2[C@@H](NC(=O)C(F)(F)COCNC(=O)CNC(=O)[C@H](Cc1ccccc1)NC(=O)CNC(=O)CNC(=O)CCOCCN1C(=O)C=CC1=O)CC3. The van der Waals surface area contributed by atoms with Gasteiger partial charge in [0.1, 0.15) is 31.8 Å². The van der Waals surface area contributed by atoms with E-state index < -0.39 is 128 Å². The number of alkyl halides is 2. The number of fused-ring (bicyclic) bond motifs is 5. The van der Waals surface area contributed by atoms with Crippen LogP contribution in [0.3, 0.4) is 0 Å². The molecule has 7 N–H and O–H groups in total. The maximum atomic E-state index is 15.6. The third kappa shape index (κ3) is 11.9. The van der Waals surface area contributed by atoms with Crippen LogP contribution in [0, 0.1) is 12.7 Å². The van der Waals surface area contributed by atoms with Crippen LogP contribution < -0.4 is 37.5 Å². The van der Waals surface area contributed by atoms with E-state index in [1.165, 1.54) is 16.7 Å². The number of esters is 1. The first-order chi connectivity index (χ1) is 37.2. The van der Waals surface area contributed by atoms with E-state index >= 15 is 13.2 Å². The summed E-state index contributed by atoms with van der Waals surface area (Å²) in [6.45, 7) is -1.58. The van der Waals surface area contributed by atoms with Gasteiger partial charge in [0, 0.05) is 47.6 Å². The van der Waals surface area contributed by atoms with Crippen LogP contribution in [0.1, 0.15) is 71.2 Å². The summed E-state index contributed by atoms with van der Waals surface area (Å²) in [5, 5.41) is 25.9. The largest absolute Gasteiger partial charge is 0.458 e. The Labute approximate surface area is 441 Å². The molecule has 2 aromatic heterocycles. The molecule has 0 radical (unpaired) electrons. The predicted molar refractivity (Wildman–Crippen MR) is 265 cm³/mol. The molecule has 3 atom stereocenters. The van der Waals surface area contributed by atoms with Crippen molar-refractivity contribution in [1.29, 1.82) is 0 Å². The van der Waals surface area contributed by atoms with E-state index in [0.29, 0.717) is 33.2 Å². The predicted octanol–water partition coefficient (Wildman–Crippen LogP) is -0.236. The minimum Gasteiger partial charge on any atom is -0.458 e. The molecule has 0 spiro atoms. The molecule has 26 heteroatoms. The van der Waals surface area contributed by atoms with E-state index in [4.69, 9.17) is 19.2 Å². The van der Waals surface area contributed by atoms with Crippen molar-refractivity contribution >= 4 is 64.1 Å². The van der Waals surface area contributed by atoms with Gasteiger partial charge in [0.25, 0.3) is 23.3 Å². The Kier molecular flexibility index (Phi) is 16.8. The summed E-state index contributed by atoms with van der Waals surface area (Å²) in [4.78, 5) is 132. The molecule has 3 aliphatic heterocycles. The molecule has 0 saturated carbocycles. The van der Waals surface area contributed by atoms with Gasteiger partial charge in [-0.15, -0.1) is 0 Å². The number of carbonyl (C=O) groups excluding carboxylic acids is 9. The number of rotatable bonds is 23. The fraction of sp³-hybridized carbons (Fsp3) is 0.404. The van der Waals surface area contributed by atoms with E-state index in [2.05, 4.69) is 31.9 Å². The van der Waals surface area contributed by atoms with Crippen molar-refractivity contribution in [3.05, 3.63) is 110 Å². The Hall–Kier alpha value is -8.36. The van der Waals surface area contributed by atoms with Crippen LogP contribution in [0.2, 0.25) is 0 Å². The van der Waals surface area contributed by atoms with E-state index in [1.54, 1.807) is 44.2 Å². The summed E-state index contributed by atoms with van der Waals surface area (Å²) in [5.41, 5.74) is 0.0698. The number of aliphatic hydroxyl groups is 1. The molecule has 78 heavy (non-hydrogen) atoms. The smallest absolute Gasteiger partial charge is 0.347 e. The first-order valence-electron chi connectivity index (χ1n) is 24.8. The van der Waals surface area contributed by atoms with Crippen LogP contribution >= 0.6 is 0 Å². The van der Waals surface area contributed by atoms with Gasteiger partial charge in [-0.05, 0) is 54.5 Å². The van der Waals surface area contributed by atoms with Crippen LogP contribution in [0.5, 0.6) is 0 Å². The number of aryl methyl sites for hydroxylation is 1. The van der Waals surface area contributed by atoms with Crippen LogP contribution in [-0.2, 0) is 89.0 Å². The molecule has 8 amide bonds. The molecular formula is C52H54F3N9O14. The van der Waals surface area contributed by atoms with E-state index in [1.807, 2.05) is 0 Å². The maximum absolute atomic E-state index is 15.6. The number of nitrogens with zero attached hydrogens (tertiary/aromatic N) is 3. The zero-order valence-corrected chi connectivity index (χ0v) is 42.2. The molecule has 4 aromatic rings. The maximum Gasteiger partial charge on any atom is 0.347 e. The minimum absolute atomic E-state index is 0.00251. The number of pyridine rings is 2. The van der Waals surface area contributed by atoms with E-state index in [9.17, 15) is 53.1 Å². The second-order valence-electron chi connectivity index (χ2n) is 18.8. The summed E-state index contributed by atoms with van der Waals surface area (Å²) in [6.07, 6.45) is 2.18. The van der Waals surface area contributed by atoms with Crippen molar-refractivity contribution < 1.29 is 75.6 Å². The summed E-state index contributed by atoms with van der Waals surface area (Å²) in [5.74, 6) is -12.2. The lowest BCUT2D eigenvalue weighted by atomic mass is 9.81. The normalized spacial score (nSPS) is 17.4. The van der Waals surface area contributed by atoms with Crippen molar-refractivity contribution in [2.24, 2.45) is 0 Å². The number of imide groups is 1. The number of benzene rings is 2. The third-order valence-corrected chi connectivity index (χ3v) is 13.8. The van der Waals surface area contributed by atoms with Gasteiger partial charge in [0.05, 0.1) is 74.4 Å². The van der Waals surface area contributed by atoms with Gasteiger partial charge >= 0.3 is 11.9 Å². The Balaban J connectivity index is 0.814. The van der Waals surface area contributed by atoms with Crippen molar-refractivity contribution in [3.63, 3.8) is 0 Å². The molecule has 8 rings (SSSR count). The lowest BCUT2D eigenvalue weighted by molar-refractivity contribution is -0.172. The molecule has 412 valence electrons. The van der Waals surface area contributed by atoms with Gasteiger partial charge in [-0.1, -0.05) is 37.3 Å². The van der Waals surface area contributed by atoms with Crippen LogP contribution in [0.4, 0.5) is 13.2 Å². The monoisotopic (exact) mass is 1090 g/mol. The molecule has 0 saturated heterocycles. The van der Waals surface area contributed by atoms with Crippen molar-refractivity contribution in [2.75, 3.05) is 52.7 Å². The average Bonchev–Trinajstić information content (AvgIpc) is 4.11. The second-order valence-corrected chi connectivity index (χ2v) is 18.8. The Morgan fingerprint density at radius 3 is 2.31 bits per heavy atom. The van der Waals surface area contributed by atoms with E-state index in [0.717, 1.165) is 17.1 Å². The topological polar surface area (TPSA) is 312 Å². The van der Waals surface area contributed by atoms with Crippen LogP contribution in [-0.4, -0.2) is 137 Å². The van der Waals surface area contributed by atoms with Crippen molar-refractivity contribution in [3.8, 4) is 11.4 Å². The average molecular weight is 1090 g/mol. The first kappa shape index (κ1) is 55.9. The van der Waals surface area contributed by atoms with Gasteiger partial charge in [-0.25, -0.2) is 14.2 Å². The number of carbonyl (C=O) groups is 9. The highest BCUT2D eigenvalue weighted by Gasteiger charge is 2.47. The number of cyclic esters (lactones) is 1. The third-order valence-electron chi connectivity index (χ3n) is 13.8. The van der Waals surface area contributed by atoms with Gasteiger partial charge in [-0.3, -0.25) is 48.1 Å². The number of aromatic nitrogens is 2. The summed E-state index contributed by atoms with van der Waals surface area (Å²) >= 11 is 0. The lowest BCUT2D eigenvalue weighted by Gasteiger charge is -2.31. The first-order valence-corrected chi connectivity index (χ1v) is 24.8. The number of halogens is 3. The van der Waals surface area contributed by atoms with Crippen LogP contribution in [0.15, 0.2) is 59.4 Å². The molecule has 0 fully saturated rings. The van der Waals surface area contributed by atoms with Gasteiger partial charge in [-0.2, -0.15) is 8.78 Å². The van der Waals surface area contributed by atoms with Crippen LogP contribution in [0.25, 0.3) is 22.3 Å². The molecule has 0 unspecified atom stereocenters. The van der Waals surface area contributed by atoms with Gasteiger partial charge in [0.2, 0.25) is 29.5 Å². The minimum atomic E-state index is -4.17. The zero-order valence-electron chi connectivity index (χ0n) is 42.2.